The summed E-state index contributed by atoms with van der Waals surface area (Å²) in [5.41, 5.74) is 1.38. The average Bonchev–Trinajstić information content (AvgIpc) is 2.61. The van der Waals surface area contributed by atoms with E-state index >= 15 is 0 Å². The number of carboxylic acid groups (broad SMARTS) is 1. The first kappa shape index (κ1) is 21.5. The Morgan fingerprint density at radius 2 is 1.64 bits per heavy atom. The van der Waals surface area contributed by atoms with Crippen LogP contribution in [-0.4, -0.2) is 53.3 Å². The van der Waals surface area contributed by atoms with Gasteiger partial charge < -0.3 is 15.1 Å². The molecule has 0 amide bonds. The van der Waals surface area contributed by atoms with E-state index in [4.69, 9.17) is 5.11 Å². The smallest absolute Gasteiger partial charge is 0.372 e. The van der Waals surface area contributed by atoms with Gasteiger partial charge in [0.25, 0.3) is 0 Å². The van der Waals surface area contributed by atoms with E-state index < -0.39 is 29.6 Å². The molecule has 6 nitrogen and oxygen atoms in total. The van der Waals surface area contributed by atoms with Gasteiger partial charge in [0.1, 0.15) is 0 Å². The summed E-state index contributed by atoms with van der Waals surface area (Å²) in [4.78, 5) is 36.5. The van der Waals surface area contributed by atoms with Crippen LogP contribution in [0.2, 0.25) is 0 Å². The largest absolute Gasteiger partial charge is 0.475 e. The summed E-state index contributed by atoms with van der Waals surface area (Å²) in [6.45, 7) is 1.99. The zero-order valence-corrected chi connectivity index (χ0v) is 16.3. The molecule has 0 aliphatic heterocycles. The zero-order chi connectivity index (χ0) is 20.9. The highest BCUT2D eigenvalue weighted by Crippen LogP contribution is 2.26. The third-order valence-electron chi connectivity index (χ3n) is 4.37. The second kappa shape index (κ2) is 8.91. The van der Waals surface area contributed by atoms with Gasteiger partial charge in [-0.1, -0.05) is 36.4 Å². The molecule has 0 aliphatic rings. The fourth-order valence-electron chi connectivity index (χ4n) is 3.13. The van der Waals surface area contributed by atoms with Crippen LogP contribution in [0.15, 0.2) is 48.5 Å². The number of benzene rings is 2. The van der Waals surface area contributed by atoms with Crippen molar-refractivity contribution >= 4 is 17.5 Å². The van der Waals surface area contributed by atoms with Crippen LogP contribution in [0.1, 0.15) is 40.4 Å². The normalized spacial score (nSPS) is 13.2. The maximum atomic E-state index is 12.5. The van der Waals surface area contributed by atoms with Crippen molar-refractivity contribution < 1.29 is 24.6 Å². The molecule has 0 fully saturated rings. The highest BCUT2D eigenvalue weighted by molar-refractivity contribution is 6.37. The Morgan fingerprint density at radius 1 is 1.00 bits per heavy atom. The summed E-state index contributed by atoms with van der Waals surface area (Å²) in [7, 11) is 3.67. The van der Waals surface area contributed by atoms with E-state index in [0.717, 1.165) is 11.1 Å². The number of aliphatic carboxylic acids is 1. The van der Waals surface area contributed by atoms with Gasteiger partial charge in [0.15, 0.2) is 5.78 Å². The minimum Gasteiger partial charge on any atom is -0.475 e. The molecule has 1 unspecified atom stereocenters. The Balaban J connectivity index is 2.44. The van der Waals surface area contributed by atoms with Gasteiger partial charge in [0, 0.05) is 12.1 Å². The molecule has 0 heterocycles. The molecule has 2 aromatic carbocycles. The van der Waals surface area contributed by atoms with Gasteiger partial charge in [0.05, 0.1) is 12.0 Å². The van der Waals surface area contributed by atoms with Crippen molar-refractivity contribution in [2.24, 2.45) is 0 Å². The van der Waals surface area contributed by atoms with E-state index in [9.17, 15) is 19.5 Å². The SMILES string of the molecule is CN(C)CC(C)(O)c1cc(Cc2ccccc2)cc(C(=O)CC(=O)C(=O)O)c1. The van der Waals surface area contributed by atoms with Crippen molar-refractivity contribution in [2.75, 3.05) is 20.6 Å². The minimum atomic E-state index is -1.63. The van der Waals surface area contributed by atoms with E-state index in [0.29, 0.717) is 18.5 Å². The number of carbonyl (C=O) groups excluding carboxylic acids is 2. The number of carboxylic acids is 1. The molecule has 0 spiro atoms. The predicted molar refractivity (Wildman–Crippen MR) is 105 cm³/mol. The van der Waals surface area contributed by atoms with Crippen LogP contribution < -0.4 is 0 Å². The van der Waals surface area contributed by atoms with Crippen LogP contribution in [0.3, 0.4) is 0 Å². The molecule has 0 saturated carbocycles. The van der Waals surface area contributed by atoms with Gasteiger partial charge in [-0.2, -0.15) is 0 Å². The molecule has 2 rings (SSSR count). The molecule has 2 aromatic rings. The summed E-state index contributed by atoms with van der Waals surface area (Å²) in [5.74, 6) is -3.36. The zero-order valence-electron chi connectivity index (χ0n) is 16.3. The molecule has 0 radical (unpaired) electrons. The molecule has 0 bridgehead atoms. The molecule has 6 heteroatoms. The summed E-state index contributed by atoms with van der Waals surface area (Å²) in [5, 5.41) is 19.7. The van der Waals surface area contributed by atoms with Crippen LogP contribution in [0, 0.1) is 0 Å². The van der Waals surface area contributed by atoms with E-state index in [1.165, 1.54) is 6.07 Å². The molecule has 2 N–H and O–H groups in total. The lowest BCUT2D eigenvalue weighted by atomic mass is 9.89. The topological polar surface area (TPSA) is 94.9 Å². The summed E-state index contributed by atoms with van der Waals surface area (Å²) in [6.07, 6.45) is -0.167. The first-order valence-electron chi connectivity index (χ1n) is 8.93. The lowest BCUT2D eigenvalue weighted by Crippen LogP contribution is -2.35. The Labute approximate surface area is 164 Å². The number of aliphatic hydroxyl groups is 1. The highest BCUT2D eigenvalue weighted by Gasteiger charge is 2.26. The van der Waals surface area contributed by atoms with Crippen molar-refractivity contribution in [1.82, 2.24) is 4.90 Å². The van der Waals surface area contributed by atoms with Gasteiger partial charge in [-0.25, -0.2) is 4.79 Å². The predicted octanol–water partition coefficient (Wildman–Crippen LogP) is 2.27. The molecule has 0 aromatic heterocycles. The highest BCUT2D eigenvalue weighted by atomic mass is 16.4. The second-order valence-electron chi connectivity index (χ2n) is 7.42. The van der Waals surface area contributed by atoms with Gasteiger partial charge in [0.2, 0.25) is 5.78 Å². The maximum Gasteiger partial charge on any atom is 0.372 e. The number of hydrogen-bond donors (Lipinski definition) is 2. The van der Waals surface area contributed by atoms with Crippen molar-refractivity contribution in [3.8, 4) is 0 Å². The fourth-order valence-corrected chi connectivity index (χ4v) is 3.13. The Bertz CT molecular complexity index is 872. The number of likely N-dealkylation sites (N-methyl/N-ethyl adjacent to an activating group) is 1. The molecule has 148 valence electrons. The first-order valence-corrected chi connectivity index (χ1v) is 8.93. The lowest BCUT2D eigenvalue weighted by molar-refractivity contribution is -0.148. The van der Waals surface area contributed by atoms with Crippen molar-refractivity contribution in [2.45, 2.75) is 25.4 Å². The lowest BCUT2D eigenvalue weighted by Gasteiger charge is -2.28. The van der Waals surface area contributed by atoms with E-state index in [1.807, 2.05) is 55.4 Å². The Hall–Kier alpha value is -2.83. The van der Waals surface area contributed by atoms with E-state index in [1.54, 1.807) is 13.0 Å². The number of carbonyl (C=O) groups is 3. The van der Waals surface area contributed by atoms with Gasteiger partial charge in [-0.05, 0) is 56.3 Å². The number of ketones is 2. The monoisotopic (exact) mass is 383 g/mol. The first-order chi connectivity index (χ1) is 13.1. The van der Waals surface area contributed by atoms with E-state index in [2.05, 4.69) is 0 Å². The summed E-state index contributed by atoms with van der Waals surface area (Å²) < 4.78 is 0. The molecule has 28 heavy (non-hydrogen) atoms. The molecule has 1 atom stereocenters. The molecular weight excluding hydrogens is 358 g/mol. The third-order valence-corrected chi connectivity index (χ3v) is 4.37. The fraction of sp³-hybridized carbons (Fsp3) is 0.318. The third kappa shape index (κ3) is 5.84. The van der Waals surface area contributed by atoms with Gasteiger partial charge >= 0.3 is 5.97 Å². The standard InChI is InChI=1S/C22H25NO5/c1-22(28,14-23(2)3)18-11-16(9-15-7-5-4-6-8-15)10-17(12-18)19(24)13-20(25)21(26)27/h4-8,10-12,28H,9,13-14H2,1-3H3,(H,26,27). The number of nitrogens with zero attached hydrogens (tertiary/aromatic N) is 1. The van der Waals surface area contributed by atoms with Gasteiger partial charge in [-0.3, -0.25) is 9.59 Å². The van der Waals surface area contributed by atoms with Crippen molar-refractivity contribution in [1.29, 1.82) is 0 Å². The average molecular weight is 383 g/mol. The van der Waals surface area contributed by atoms with Crippen LogP contribution in [0.5, 0.6) is 0 Å². The molecular formula is C22H25NO5. The van der Waals surface area contributed by atoms with Crippen LogP contribution >= 0.6 is 0 Å². The van der Waals surface area contributed by atoms with Crippen LogP contribution in [0.4, 0.5) is 0 Å². The minimum absolute atomic E-state index is 0.220. The van der Waals surface area contributed by atoms with Crippen molar-refractivity contribution in [3.63, 3.8) is 0 Å². The van der Waals surface area contributed by atoms with Gasteiger partial charge in [-0.15, -0.1) is 0 Å². The van der Waals surface area contributed by atoms with Crippen LogP contribution in [0.25, 0.3) is 0 Å². The Morgan fingerprint density at radius 3 is 2.21 bits per heavy atom. The summed E-state index contributed by atoms with van der Waals surface area (Å²) >= 11 is 0. The second-order valence-corrected chi connectivity index (χ2v) is 7.42. The van der Waals surface area contributed by atoms with Crippen molar-refractivity contribution in [3.05, 3.63) is 70.8 Å². The number of hydrogen-bond acceptors (Lipinski definition) is 5. The number of Topliss-reactive ketones (excluding diaryl/α,β-unsaturated/α-hetero) is 2. The molecule has 0 saturated heterocycles. The Kier molecular flexibility index (Phi) is 6.83. The molecule has 0 aliphatic carbocycles. The number of rotatable bonds is 9. The van der Waals surface area contributed by atoms with Crippen LogP contribution in [-0.2, 0) is 21.6 Å². The maximum absolute atomic E-state index is 12.5. The van der Waals surface area contributed by atoms with E-state index in [-0.39, 0.29) is 5.56 Å². The quantitative estimate of drug-likeness (QED) is 0.392. The summed E-state index contributed by atoms with van der Waals surface area (Å²) in [6, 6.07) is 14.7.